The Morgan fingerprint density at radius 1 is 1.33 bits per heavy atom. The van der Waals surface area contributed by atoms with Crippen molar-refractivity contribution in [2.75, 3.05) is 0 Å². The largest absolute Gasteiger partial charge is 0.464 e. The fourth-order valence-corrected chi connectivity index (χ4v) is 1.36. The molecule has 0 saturated carbocycles. The first-order valence-corrected chi connectivity index (χ1v) is 4.14. The summed E-state index contributed by atoms with van der Waals surface area (Å²) in [5.41, 5.74) is -0.212. The molecule has 4 amide bonds. The van der Waals surface area contributed by atoms with Crippen LogP contribution in [0.3, 0.4) is 0 Å². The van der Waals surface area contributed by atoms with Gasteiger partial charge in [-0.1, -0.05) is 0 Å². The molecule has 1 saturated heterocycles. The number of nitrogens with one attached hydrogen (secondary N) is 2. The van der Waals surface area contributed by atoms with E-state index in [4.69, 9.17) is 10.2 Å². The Labute approximate surface area is 89.0 Å². The molecule has 0 aromatic carbocycles. The average molecular weight is 765 g/mol. The first-order chi connectivity index (χ1) is 7.27. The van der Waals surface area contributed by atoms with E-state index in [0.29, 0.717) is 0 Å². The summed E-state index contributed by atoms with van der Waals surface area (Å²) in [6.45, 7) is 1.15. The monoisotopic (exact) mass is 765 g/mol. The number of hydrazine groups is 1. The van der Waals surface area contributed by atoms with E-state index < -0.39 is 36.0 Å². The summed E-state index contributed by atoms with van der Waals surface area (Å²) in [5.74, 6) is -1.53. The molecule has 9 nitrogen and oxygen atoms in total. The van der Waals surface area contributed by atoms with Crippen LogP contribution in [0.1, 0.15) is 13.3 Å². The third kappa shape index (κ3) is 2.19. The van der Waals surface area contributed by atoms with E-state index in [1.807, 2.05) is 5.32 Å². The standard InChI is InChI=1S/C7H9N3O6.2Rf/c1-7(2-3(11)8-4(7)12)10(6(15)16)9-5(13)14;;/h9H,2H2,1H3,(H,13,14)(H,15,16)(H,8,11,12);;. The number of hydrogen-bond donors (Lipinski definition) is 4. The summed E-state index contributed by atoms with van der Waals surface area (Å²) in [7, 11) is 0. The number of nitrogens with zero attached hydrogens (tertiary/aromatic N) is 1. The normalized spacial score (nSPS) is 21.2. The molecule has 1 aliphatic heterocycles. The van der Waals surface area contributed by atoms with Crippen LogP contribution in [0, 0.1) is 0 Å². The van der Waals surface area contributed by atoms with Crippen molar-refractivity contribution in [1.82, 2.24) is 15.8 Å². The Balaban J connectivity index is 0. The number of carbonyl (C=O) groups is 4. The first kappa shape index (κ1) is 16.1. The summed E-state index contributed by atoms with van der Waals surface area (Å²) >= 11 is 0. The number of rotatable bonds is 1. The zero-order valence-electron chi connectivity index (χ0n) is 9.60. The Bertz CT molecular complexity index is 389. The second-order valence-electron chi connectivity index (χ2n) is 3.36. The average Bonchev–Trinajstić information content (AvgIpc) is 2.36. The van der Waals surface area contributed by atoms with E-state index in [1.54, 1.807) is 5.43 Å². The molecule has 11 heteroatoms. The van der Waals surface area contributed by atoms with Gasteiger partial charge in [0.1, 0.15) is 0 Å². The predicted octanol–water partition coefficient (Wildman–Crippen LogP) is -1.05. The molecule has 1 unspecified atom stereocenters. The van der Waals surface area contributed by atoms with Gasteiger partial charge in [0.2, 0.25) is 5.91 Å². The molecule has 0 spiro atoms. The van der Waals surface area contributed by atoms with Crippen molar-refractivity contribution in [2.45, 2.75) is 18.9 Å². The molecule has 18 heavy (non-hydrogen) atoms. The molecule has 92 valence electrons. The van der Waals surface area contributed by atoms with Gasteiger partial charge in [0, 0.05) is 0 Å². The molecule has 1 rings (SSSR count). The zero-order chi connectivity index (χ0) is 12.5. The maximum atomic E-state index is 11.4. The number of carbonyl (C=O) groups excluding carboxylic acids is 2. The molecule has 0 aromatic rings. The van der Waals surface area contributed by atoms with Gasteiger partial charge < -0.3 is 10.2 Å². The van der Waals surface area contributed by atoms with Gasteiger partial charge in [0.25, 0.3) is 5.91 Å². The summed E-state index contributed by atoms with van der Waals surface area (Å²) in [4.78, 5) is 43.5. The van der Waals surface area contributed by atoms with Gasteiger partial charge in [0.15, 0.2) is 5.54 Å². The number of amides is 4. The molecule has 0 aliphatic carbocycles. The zero-order valence-corrected chi connectivity index (χ0v) is 22.4. The SMILES string of the molecule is CC1(N(NC(=O)O)C(=O)O)CC(=O)NC1=O.[Rf].[Rf]. The van der Waals surface area contributed by atoms with E-state index in [9.17, 15) is 19.2 Å². The minimum Gasteiger partial charge on any atom is -0.464 e. The number of hydrogen-bond acceptors (Lipinski definition) is 4. The van der Waals surface area contributed by atoms with Gasteiger partial charge in [0.05, 0.1) is 6.42 Å². The van der Waals surface area contributed by atoms with Crippen LogP contribution in [-0.4, -0.2) is 44.8 Å². The molecule has 0 aromatic heterocycles. The summed E-state index contributed by atoms with van der Waals surface area (Å²) in [6, 6.07) is 0. The van der Waals surface area contributed by atoms with Crippen LogP contribution in [0.25, 0.3) is 0 Å². The molecule has 4 N–H and O–H groups in total. The smallest absolute Gasteiger partial charge is 0.427 e. The van der Waals surface area contributed by atoms with E-state index in [0.717, 1.165) is 6.92 Å². The van der Waals surface area contributed by atoms with Crippen molar-refractivity contribution < 1.29 is 29.4 Å². The van der Waals surface area contributed by atoms with Crippen molar-refractivity contribution in [3.05, 3.63) is 0 Å². The first-order valence-electron chi connectivity index (χ1n) is 4.14. The third-order valence-corrected chi connectivity index (χ3v) is 2.14. The summed E-state index contributed by atoms with van der Waals surface area (Å²) in [6.07, 6.45) is -3.75. The van der Waals surface area contributed by atoms with Crippen molar-refractivity contribution in [1.29, 1.82) is 0 Å². The van der Waals surface area contributed by atoms with Crippen molar-refractivity contribution in [2.24, 2.45) is 0 Å². The van der Waals surface area contributed by atoms with Crippen LogP contribution in [-0.2, 0) is 9.59 Å². The molecule has 0 radical (unpaired) electrons. The van der Waals surface area contributed by atoms with E-state index in [1.165, 1.54) is 0 Å². The topological polar surface area (TPSA) is 136 Å². The molecule has 0 bridgehead atoms. The second-order valence-corrected chi connectivity index (χ2v) is 3.36. The fraction of sp³-hybridized carbons (Fsp3) is 0.429. The van der Waals surface area contributed by atoms with Gasteiger partial charge in [-0.05, 0) is 6.92 Å². The molecular weight excluding hydrogens is 756 g/mol. The van der Waals surface area contributed by atoms with Gasteiger partial charge >= 0.3 is 12.2 Å². The minimum absolute atomic E-state index is 0. The van der Waals surface area contributed by atoms with Crippen molar-refractivity contribution >= 4 is 24.0 Å². The molecule has 1 aliphatic rings. The van der Waals surface area contributed by atoms with Crippen LogP contribution in [0.5, 0.6) is 0 Å². The molecule has 1 atom stereocenters. The van der Waals surface area contributed by atoms with Gasteiger partial charge in [-0.15, -0.1) is 0 Å². The fourth-order valence-electron chi connectivity index (χ4n) is 1.36. The predicted molar refractivity (Wildman–Crippen MR) is 47.2 cm³/mol. The van der Waals surface area contributed by atoms with Gasteiger partial charge in [-0.25, -0.2) is 20.0 Å². The summed E-state index contributed by atoms with van der Waals surface area (Å²) in [5, 5.41) is 19.3. The maximum Gasteiger partial charge on any atom is 0.427 e. The Kier molecular flexibility index (Phi) is 4.00. The minimum atomic E-state index is -1.76. The maximum absolute atomic E-state index is 11.4. The Morgan fingerprint density at radius 3 is 2.11 bits per heavy atom. The van der Waals surface area contributed by atoms with Crippen molar-refractivity contribution in [3.63, 3.8) is 0 Å². The molecule has 1 heterocycles. The van der Waals surface area contributed by atoms with E-state index >= 15 is 0 Å². The molecular formula is C7H9N3O6Rf2. The number of imide groups is 1. The van der Waals surface area contributed by atoms with Crippen LogP contribution < -0.4 is 10.7 Å². The second kappa shape index (κ2) is 4.47. The van der Waals surface area contributed by atoms with Crippen LogP contribution in [0.2, 0.25) is 0 Å². The molecule has 1 fully saturated rings. The third-order valence-electron chi connectivity index (χ3n) is 2.14. The van der Waals surface area contributed by atoms with Crippen molar-refractivity contribution in [3.8, 4) is 0 Å². The quantitative estimate of drug-likeness (QED) is 0.199. The van der Waals surface area contributed by atoms with Gasteiger partial charge in [-0.2, -0.15) is 0 Å². The Hall–Kier alpha value is -4.32. The van der Waals surface area contributed by atoms with Crippen LogP contribution in [0.4, 0.5) is 9.59 Å². The van der Waals surface area contributed by atoms with Crippen LogP contribution in [0.15, 0.2) is 0 Å². The van der Waals surface area contributed by atoms with Crippen LogP contribution >= 0.6 is 0 Å². The van der Waals surface area contributed by atoms with E-state index in [2.05, 4.69) is 0 Å². The Morgan fingerprint density at radius 2 is 1.83 bits per heavy atom. The van der Waals surface area contributed by atoms with E-state index in [-0.39, 0.29) is 5.01 Å². The number of carboxylic acid groups (broad SMARTS) is 2. The van der Waals surface area contributed by atoms with Gasteiger partial charge in [-0.3, -0.25) is 14.9 Å². The summed E-state index contributed by atoms with van der Waals surface area (Å²) < 4.78 is 0.